The molecule has 7 atom stereocenters. The van der Waals surface area contributed by atoms with Gasteiger partial charge in [-0.3, -0.25) is 4.79 Å². The van der Waals surface area contributed by atoms with Crippen molar-refractivity contribution in [2.24, 2.45) is 40.9 Å². The average Bonchev–Trinajstić information content (AvgIpc) is 3.28. The standard InChI is InChI=1S/C18H24O4/c1-9(16(19)21-2)18-11-5-4-10(6-11)15(18)13-7-12(18)8-14(13)17(20)22-3/h10-15H,1,4-8H2,2-3H3. The van der Waals surface area contributed by atoms with Crippen molar-refractivity contribution in [3.63, 3.8) is 0 Å². The van der Waals surface area contributed by atoms with Crippen molar-refractivity contribution >= 4 is 11.9 Å². The number of carbonyl (C=O) groups is 2. The number of hydrogen-bond acceptors (Lipinski definition) is 4. The zero-order chi connectivity index (χ0) is 15.6. The van der Waals surface area contributed by atoms with Gasteiger partial charge < -0.3 is 9.47 Å². The van der Waals surface area contributed by atoms with E-state index in [-0.39, 0.29) is 23.3 Å². The summed E-state index contributed by atoms with van der Waals surface area (Å²) in [5.74, 6) is 2.12. The molecule has 4 rings (SSSR count). The minimum Gasteiger partial charge on any atom is -0.469 e. The Morgan fingerprint density at radius 2 is 1.82 bits per heavy atom. The summed E-state index contributed by atoms with van der Waals surface area (Å²) in [6.45, 7) is 4.18. The first kappa shape index (κ1) is 14.3. The highest BCUT2D eigenvalue weighted by atomic mass is 16.5. The smallest absolute Gasteiger partial charge is 0.333 e. The number of rotatable bonds is 3. The molecular formula is C18H24O4. The third-order valence-electron chi connectivity index (χ3n) is 7.42. The molecule has 0 aliphatic heterocycles. The molecule has 0 aromatic rings. The monoisotopic (exact) mass is 304 g/mol. The van der Waals surface area contributed by atoms with Crippen molar-refractivity contribution in [1.29, 1.82) is 0 Å². The molecule has 120 valence electrons. The van der Waals surface area contributed by atoms with Crippen molar-refractivity contribution < 1.29 is 19.1 Å². The van der Waals surface area contributed by atoms with E-state index in [1.54, 1.807) is 0 Å². The number of ether oxygens (including phenoxy) is 2. The van der Waals surface area contributed by atoms with E-state index in [0.717, 1.165) is 12.8 Å². The Morgan fingerprint density at radius 1 is 1.05 bits per heavy atom. The molecule has 0 N–H and O–H groups in total. The topological polar surface area (TPSA) is 52.6 Å². The molecule has 0 spiro atoms. The fraction of sp³-hybridized carbons (Fsp3) is 0.778. The van der Waals surface area contributed by atoms with E-state index in [1.165, 1.54) is 33.5 Å². The van der Waals surface area contributed by atoms with Crippen molar-refractivity contribution in [1.82, 2.24) is 0 Å². The molecule has 4 bridgehead atoms. The van der Waals surface area contributed by atoms with Gasteiger partial charge in [0.15, 0.2) is 0 Å². The Kier molecular flexibility index (Phi) is 2.98. The molecule has 4 nitrogen and oxygen atoms in total. The lowest BCUT2D eigenvalue weighted by Crippen LogP contribution is -2.47. The highest BCUT2D eigenvalue weighted by Gasteiger charge is 2.73. The van der Waals surface area contributed by atoms with Crippen LogP contribution in [0.2, 0.25) is 0 Å². The van der Waals surface area contributed by atoms with Crippen LogP contribution in [0.4, 0.5) is 0 Å². The van der Waals surface area contributed by atoms with Crippen LogP contribution in [-0.2, 0) is 19.1 Å². The van der Waals surface area contributed by atoms with E-state index < -0.39 is 0 Å². The van der Waals surface area contributed by atoms with Gasteiger partial charge in [-0.25, -0.2) is 4.79 Å². The molecule has 0 heterocycles. The third-order valence-corrected chi connectivity index (χ3v) is 7.42. The average molecular weight is 304 g/mol. The molecule has 4 heteroatoms. The Balaban J connectivity index is 1.74. The summed E-state index contributed by atoms with van der Waals surface area (Å²) in [5.41, 5.74) is 0.591. The summed E-state index contributed by atoms with van der Waals surface area (Å²) in [6, 6.07) is 0. The second kappa shape index (κ2) is 4.59. The summed E-state index contributed by atoms with van der Waals surface area (Å²) in [5, 5.41) is 0. The summed E-state index contributed by atoms with van der Waals surface area (Å²) in [6.07, 6.45) is 5.54. The van der Waals surface area contributed by atoms with Crippen molar-refractivity contribution in [3.05, 3.63) is 12.2 Å². The van der Waals surface area contributed by atoms with Gasteiger partial charge in [-0.05, 0) is 61.7 Å². The van der Waals surface area contributed by atoms with Crippen LogP contribution >= 0.6 is 0 Å². The van der Waals surface area contributed by atoms with Gasteiger partial charge in [0, 0.05) is 11.0 Å². The molecule has 0 aromatic heterocycles. The van der Waals surface area contributed by atoms with Gasteiger partial charge in [0.25, 0.3) is 0 Å². The summed E-state index contributed by atoms with van der Waals surface area (Å²) in [4.78, 5) is 24.4. The van der Waals surface area contributed by atoms with E-state index in [0.29, 0.717) is 35.2 Å². The Labute approximate surface area is 131 Å². The number of methoxy groups -OCH3 is 2. The lowest BCUT2D eigenvalue weighted by molar-refractivity contribution is -0.150. The van der Waals surface area contributed by atoms with Crippen molar-refractivity contribution in [3.8, 4) is 0 Å². The van der Waals surface area contributed by atoms with Gasteiger partial charge in [0.2, 0.25) is 0 Å². The maximum atomic E-state index is 12.2. The largest absolute Gasteiger partial charge is 0.469 e. The van der Waals surface area contributed by atoms with Crippen LogP contribution in [0, 0.1) is 40.9 Å². The lowest BCUT2D eigenvalue weighted by Gasteiger charge is -2.49. The highest BCUT2D eigenvalue weighted by molar-refractivity contribution is 5.90. The van der Waals surface area contributed by atoms with Gasteiger partial charge in [-0.2, -0.15) is 0 Å². The molecule has 0 saturated heterocycles. The minimum absolute atomic E-state index is 0.0259. The van der Waals surface area contributed by atoms with Gasteiger partial charge in [0.1, 0.15) is 0 Å². The Bertz CT molecular complexity index is 553. The quantitative estimate of drug-likeness (QED) is 0.457. The van der Waals surface area contributed by atoms with Crippen LogP contribution in [0.5, 0.6) is 0 Å². The SMILES string of the molecule is C=C(C(=O)OC)C12C3CCC(C3)C1C1CC2CC1C(=O)OC. The van der Waals surface area contributed by atoms with Crippen molar-refractivity contribution in [2.75, 3.05) is 14.2 Å². The second-order valence-corrected chi connectivity index (χ2v) is 7.66. The molecule has 0 aromatic carbocycles. The van der Waals surface area contributed by atoms with Crippen LogP contribution in [0.15, 0.2) is 12.2 Å². The summed E-state index contributed by atoms with van der Waals surface area (Å²) in [7, 11) is 2.92. The van der Waals surface area contributed by atoms with Crippen LogP contribution < -0.4 is 0 Å². The molecule has 4 saturated carbocycles. The normalized spacial score (nSPS) is 47.4. The van der Waals surface area contributed by atoms with Gasteiger partial charge >= 0.3 is 11.9 Å². The molecule has 4 fully saturated rings. The van der Waals surface area contributed by atoms with Crippen LogP contribution in [-0.4, -0.2) is 26.2 Å². The minimum atomic E-state index is -0.250. The Hall–Kier alpha value is -1.32. The number of hydrogen-bond donors (Lipinski definition) is 0. The van der Waals surface area contributed by atoms with Gasteiger partial charge in [0.05, 0.1) is 20.1 Å². The fourth-order valence-corrected chi connectivity index (χ4v) is 7.02. The molecule has 4 aliphatic rings. The highest BCUT2D eigenvalue weighted by Crippen LogP contribution is 2.77. The third kappa shape index (κ3) is 1.44. The predicted octanol–water partition coefficient (Wildman–Crippen LogP) is 2.58. The lowest BCUT2D eigenvalue weighted by atomic mass is 9.54. The van der Waals surface area contributed by atoms with Crippen LogP contribution in [0.3, 0.4) is 0 Å². The van der Waals surface area contributed by atoms with E-state index in [9.17, 15) is 9.59 Å². The van der Waals surface area contributed by atoms with Gasteiger partial charge in [-0.15, -0.1) is 0 Å². The molecular weight excluding hydrogens is 280 g/mol. The number of esters is 2. The predicted molar refractivity (Wildman–Crippen MR) is 79.6 cm³/mol. The first-order valence-corrected chi connectivity index (χ1v) is 8.41. The molecule has 0 amide bonds. The Morgan fingerprint density at radius 3 is 2.50 bits per heavy atom. The first-order valence-electron chi connectivity index (χ1n) is 8.41. The fourth-order valence-electron chi connectivity index (χ4n) is 7.02. The number of fused-ring (bicyclic) bond motifs is 9. The summed E-state index contributed by atoms with van der Waals surface area (Å²) >= 11 is 0. The maximum Gasteiger partial charge on any atom is 0.333 e. The zero-order valence-corrected chi connectivity index (χ0v) is 13.3. The molecule has 22 heavy (non-hydrogen) atoms. The second-order valence-electron chi connectivity index (χ2n) is 7.66. The van der Waals surface area contributed by atoms with E-state index in [4.69, 9.17) is 9.47 Å². The zero-order valence-electron chi connectivity index (χ0n) is 13.3. The molecule has 4 aliphatic carbocycles. The number of carbonyl (C=O) groups excluding carboxylic acids is 2. The molecule has 7 unspecified atom stereocenters. The molecule has 0 radical (unpaired) electrons. The van der Waals surface area contributed by atoms with Gasteiger partial charge in [-0.1, -0.05) is 6.58 Å². The van der Waals surface area contributed by atoms with E-state index in [1.807, 2.05) is 0 Å². The van der Waals surface area contributed by atoms with E-state index >= 15 is 0 Å². The van der Waals surface area contributed by atoms with Crippen LogP contribution in [0.1, 0.15) is 32.1 Å². The summed E-state index contributed by atoms with van der Waals surface area (Å²) < 4.78 is 10.0. The first-order chi connectivity index (χ1) is 10.6. The van der Waals surface area contributed by atoms with Crippen LogP contribution in [0.25, 0.3) is 0 Å². The maximum absolute atomic E-state index is 12.2. The van der Waals surface area contributed by atoms with Crippen molar-refractivity contribution in [2.45, 2.75) is 32.1 Å². The van der Waals surface area contributed by atoms with E-state index in [2.05, 4.69) is 6.58 Å².